The van der Waals surface area contributed by atoms with E-state index in [2.05, 4.69) is 13.8 Å². The van der Waals surface area contributed by atoms with E-state index in [1.54, 1.807) is 0 Å². The van der Waals surface area contributed by atoms with Gasteiger partial charge in [-0.25, -0.2) is 0 Å². The van der Waals surface area contributed by atoms with Crippen molar-refractivity contribution in [2.45, 2.75) is 117 Å². The van der Waals surface area contributed by atoms with E-state index in [4.69, 9.17) is 4.74 Å². The molecular formula is C26H41NO4. The molecule has 5 nitrogen and oxygen atoms in total. The summed E-state index contributed by atoms with van der Waals surface area (Å²) in [5.74, 6) is 1.38. The normalized spacial score (nSPS) is 18.5. The van der Waals surface area contributed by atoms with Crippen molar-refractivity contribution < 1.29 is 14.8 Å². The summed E-state index contributed by atoms with van der Waals surface area (Å²) in [5, 5.41) is 21.5. The lowest BCUT2D eigenvalue weighted by atomic mass is 9.84. The van der Waals surface area contributed by atoms with Gasteiger partial charge < -0.3 is 9.84 Å². The molecule has 2 rings (SSSR count). The second-order valence-corrected chi connectivity index (χ2v) is 9.45. The fourth-order valence-electron chi connectivity index (χ4n) is 4.55. The van der Waals surface area contributed by atoms with Gasteiger partial charge in [0.05, 0.1) is 4.92 Å². The maximum Gasteiger partial charge on any atom is 0.242 e. The molecule has 1 aromatic rings. The topological polar surface area (TPSA) is 72.6 Å². The molecular weight excluding hydrogens is 390 g/mol. The van der Waals surface area contributed by atoms with Crippen LogP contribution >= 0.6 is 0 Å². The van der Waals surface area contributed by atoms with Gasteiger partial charge in [-0.1, -0.05) is 32.6 Å². The number of nitro groups is 1. The number of fused-ring (bicyclic) bond motifs is 1. The summed E-state index contributed by atoms with van der Waals surface area (Å²) >= 11 is 0. The lowest BCUT2D eigenvalue weighted by Gasteiger charge is -2.38. The Labute approximate surface area is 188 Å². The lowest BCUT2D eigenvalue weighted by Crippen LogP contribution is -2.37. The molecule has 1 N–H and O–H groups in total. The van der Waals surface area contributed by atoms with Gasteiger partial charge in [-0.05, 0) is 95.4 Å². The minimum absolute atomic E-state index is 0.158. The minimum Gasteiger partial charge on any atom is -0.507 e. The van der Waals surface area contributed by atoms with Crippen molar-refractivity contribution in [1.82, 2.24) is 0 Å². The second kappa shape index (κ2) is 11.5. The van der Waals surface area contributed by atoms with E-state index in [9.17, 15) is 15.2 Å². The van der Waals surface area contributed by atoms with Crippen molar-refractivity contribution in [3.8, 4) is 11.5 Å². The number of benzene rings is 1. The average Bonchev–Trinajstić information content (AvgIpc) is 2.74. The van der Waals surface area contributed by atoms with Crippen LogP contribution in [0.25, 0.3) is 0 Å². The third kappa shape index (κ3) is 6.72. The van der Waals surface area contributed by atoms with Crippen LogP contribution in [0.4, 0.5) is 0 Å². The summed E-state index contributed by atoms with van der Waals surface area (Å²) in [6.07, 6.45) is 13.5. The standard InChI is InChI=1S/C26H41NO4/c1-6-7-11-14-22(27(29)30)15-12-9-8-10-13-17-26(5)18-16-23-21(4)24(28)19(2)20(3)25(23)31-26/h14,28H,6-13,15-18H2,1-5H3. The smallest absolute Gasteiger partial charge is 0.242 e. The first-order valence-electron chi connectivity index (χ1n) is 12.0. The summed E-state index contributed by atoms with van der Waals surface area (Å²) in [7, 11) is 0. The maximum absolute atomic E-state index is 11.2. The van der Waals surface area contributed by atoms with Crippen LogP contribution in [-0.2, 0) is 6.42 Å². The highest BCUT2D eigenvalue weighted by Crippen LogP contribution is 2.44. The number of unbranched alkanes of at least 4 members (excludes halogenated alkanes) is 6. The van der Waals surface area contributed by atoms with E-state index >= 15 is 0 Å². The van der Waals surface area contributed by atoms with E-state index in [0.29, 0.717) is 17.9 Å². The van der Waals surface area contributed by atoms with Crippen LogP contribution in [0.1, 0.15) is 107 Å². The lowest BCUT2D eigenvalue weighted by molar-refractivity contribution is -0.428. The van der Waals surface area contributed by atoms with Crippen molar-refractivity contribution in [3.63, 3.8) is 0 Å². The maximum atomic E-state index is 11.2. The quantitative estimate of drug-likeness (QED) is 0.211. The zero-order valence-corrected chi connectivity index (χ0v) is 20.2. The van der Waals surface area contributed by atoms with Crippen LogP contribution in [0, 0.1) is 30.9 Å². The summed E-state index contributed by atoms with van der Waals surface area (Å²) < 4.78 is 6.51. The fraction of sp³-hybridized carbons (Fsp3) is 0.692. The number of allylic oxidation sites excluding steroid dienone is 2. The highest BCUT2D eigenvalue weighted by Gasteiger charge is 2.34. The molecule has 1 aliphatic rings. The number of nitrogens with zero attached hydrogens (tertiary/aromatic N) is 1. The van der Waals surface area contributed by atoms with Crippen LogP contribution in [0.15, 0.2) is 11.8 Å². The summed E-state index contributed by atoms with van der Waals surface area (Å²) in [6, 6.07) is 0. The highest BCUT2D eigenvalue weighted by molar-refractivity contribution is 5.58. The Balaban J connectivity index is 1.76. The van der Waals surface area contributed by atoms with Gasteiger partial charge in [0, 0.05) is 12.0 Å². The number of ether oxygens (including phenoxy) is 1. The molecule has 0 radical (unpaired) electrons. The molecule has 1 atom stereocenters. The van der Waals surface area contributed by atoms with E-state index in [-0.39, 0.29) is 10.5 Å². The second-order valence-electron chi connectivity index (χ2n) is 9.45. The molecule has 5 heteroatoms. The van der Waals surface area contributed by atoms with Gasteiger partial charge in [-0.3, -0.25) is 10.1 Å². The number of phenolic OH excluding ortho intramolecular Hbond substituents is 1. The zero-order chi connectivity index (χ0) is 23.0. The predicted octanol–water partition coefficient (Wildman–Crippen LogP) is 7.48. The predicted molar refractivity (Wildman–Crippen MR) is 127 cm³/mol. The van der Waals surface area contributed by atoms with E-state index in [1.807, 2.05) is 26.8 Å². The molecule has 1 unspecified atom stereocenters. The minimum atomic E-state index is -0.208. The van der Waals surface area contributed by atoms with Crippen molar-refractivity contribution in [1.29, 1.82) is 0 Å². The van der Waals surface area contributed by atoms with Crippen molar-refractivity contribution >= 4 is 0 Å². The Kier molecular flexibility index (Phi) is 9.39. The van der Waals surface area contributed by atoms with E-state index in [1.165, 1.54) is 0 Å². The Morgan fingerprint density at radius 2 is 1.77 bits per heavy atom. The number of hydrogen-bond acceptors (Lipinski definition) is 4. The van der Waals surface area contributed by atoms with Gasteiger partial charge in [0.2, 0.25) is 5.70 Å². The molecule has 0 spiro atoms. The van der Waals surface area contributed by atoms with Gasteiger partial charge in [-0.15, -0.1) is 0 Å². The highest BCUT2D eigenvalue weighted by atomic mass is 16.6. The van der Waals surface area contributed by atoms with Crippen molar-refractivity contribution in [3.05, 3.63) is 44.1 Å². The number of hydrogen-bond donors (Lipinski definition) is 1. The Morgan fingerprint density at radius 1 is 1.10 bits per heavy atom. The third-order valence-electron chi connectivity index (χ3n) is 6.90. The van der Waals surface area contributed by atoms with Gasteiger partial charge in [0.25, 0.3) is 0 Å². The molecule has 0 saturated heterocycles. The van der Waals surface area contributed by atoms with Crippen LogP contribution in [0.3, 0.4) is 0 Å². The molecule has 1 heterocycles. The van der Waals surface area contributed by atoms with Gasteiger partial charge in [-0.2, -0.15) is 0 Å². The van der Waals surface area contributed by atoms with Gasteiger partial charge >= 0.3 is 0 Å². The SMILES string of the molecule is CCCCC=C(CCCCCCCC1(C)CCc2c(C)c(O)c(C)c(C)c2O1)[N+](=O)[O-]. The Morgan fingerprint density at radius 3 is 2.45 bits per heavy atom. The third-order valence-corrected chi connectivity index (χ3v) is 6.90. The fourth-order valence-corrected chi connectivity index (χ4v) is 4.55. The largest absolute Gasteiger partial charge is 0.507 e. The number of rotatable bonds is 12. The van der Waals surface area contributed by atoms with Gasteiger partial charge in [0.1, 0.15) is 17.1 Å². The molecule has 1 aromatic carbocycles. The van der Waals surface area contributed by atoms with Crippen molar-refractivity contribution in [2.24, 2.45) is 0 Å². The Hall–Kier alpha value is -2.04. The first kappa shape index (κ1) is 25.2. The van der Waals surface area contributed by atoms with E-state index in [0.717, 1.165) is 98.6 Å². The first-order valence-corrected chi connectivity index (χ1v) is 12.0. The van der Waals surface area contributed by atoms with E-state index < -0.39 is 0 Å². The Bertz CT molecular complexity index is 799. The molecule has 0 amide bonds. The molecule has 0 saturated carbocycles. The summed E-state index contributed by atoms with van der Waals surface area (Å²) in [5.41, 5.74) is 4.32. The monoisotopic (exact) mass is 431 g/mol. The molecule has 0 aromatic heterocycles. The summed E-state index contributed by atoms with van der Waals surface area (Å²) in [4.78, 5) is 10.9. The summed E-state index contributed by atoms with van der Waals surface area (Å²) in [6.45, 7) is 10.3. The van der Waals surface area contributed by atoms with Crippen LogP contribution in [-0.4, -0.2) is 15.6 Å². The molecule has 174 valence electrons. The molecule has 0 aliphatic carbocycles. The van der Waals surface area contributed by atoms with Crippen molar-refractivity contribution in [2.75, 3.05) is 0 Å². The van der Waals surface area contributed by atoms with Crippen LogP contribution in [0.5, 0.6) is 11.5 Å². The molecule has 0 fully saturated rings. The molecule has 31 heavy (non-hydrogen) atoms. The molecule has 1 aliphatic heterocycles. The number of aromatic hydroxyl groups is 1. The van der Waals surface area contributed by atoms with Gasteiger partial charge in [0.15, 0.2) is 0 Å². The zero-order valence-electron chi connectivity index (χ0n) is 20.2. The first-order chi connectivity index (χ1) is 14.7. The number of phenols is 1. The average molecular weight is 432 g/mol. The molecule has 0 bridgehead atoms. The van der Waals surface area contributed by atoms with Crippen LogP contribution in [0.2, 0.25) is 0 Å². The van der Waals surface area contributed by atoms with Crippen LogP contribution < -0.4 is 4.74 Å².